The van der Waals surface area contributed by atoms with E-state index in [1.807, 2.05) is 10.3 Å². The van der Waals surface area contributed by atoms with Crippen molar-refractivity contribution in [1.82, 2.24) is 14.8 Å². The van der Waals surface area contributed by atoms with E-state index < -0.39 is 0 Å². The van der Waals surface area contributed by atoms with E-state index in [1.165, 1.54) is 0 Å². The first-order chi connectivity index (χ1) is 11.1. The highest BCUT2D eigenvalue weighted by Crippen LogP contribution is 2.24. The van der Waals surface area contributed by atoms with Crippen LogP contribution >= 0.6 is 11.3 Å². The largest absolute Gasteiger partial charge is 0.336 e. The van der Waals surface area contributed by atoms with Crippen LogP contribution in [0.5, 0.6) is 0 Å². The number of thiophene rings is 1. The molecule has 1 amide bonds. The number of nitrogens with zero attached hydrogens (tertiary/aromatic N) is 4. The van der Waals surface area contributed by atoms with E-state index in [0.717, 1.165) is 30.0 Å². The third-order valence-corrected chi connectivity index (χ3v) is 4.74. The van der Waals surface area contributed by atoms with Crippen molar-refractivity contribution in [2.75, 3.05) is 26.2 Å². The summed E-state index contributed by atoms with van der Waals surface area (Å²) in [5, 5.41) is 12.7. The number of aromatic nitrogens is 1. The number of amides is 1. The molecule has 1 fully saturated rings. The molecule has 0 bridgehead atoms. The second-order valence-electron chi connectivity index (χ2n) is 5.35. The van der Waals surface area contributed by atoms with Crippen molar-refractivity contribution in [3.8, 4) is 0 Å². The van der Waals surface area contributed by atoms with Gasteiger partial charge in [-0.15, -0.1) is 0 Å². The highest BCUT2D eigenvalue weighted by atomic mass is 32.1. The Hall–Kier alpha value is -2.32. The molecule has 0 N–H and O–H groups in total. The number of nitro groups is 1. The highest BCUT2D eigenvalue weighted by Gasteiger charge is 2.22. The van der Waals surface area contributed by atoms with Crippen LogP contribution in [0.1, 0.15) is 15.9 Å². The van der Waals surface area contributed by atoms with Gasteiger partial charge in [0.2, 0.25) is 0 Å². The number of carbonyl (C=O) groups is 1. The van der Waals surface area contributed by atoms with E-state index in [2.05, 4.69) is 9.88 Å². The second kappa shape index (κ2) is 6.84. The van der Waals surface area contributed by atoms with Gasteiger partial charge in [0.1, 0.15) is 0 Å². The van der Waals surface area contributed by atoms with Crippen LogP contribution in [0.25, 0.3) is 0 Å². The minimum Gasteiger partial charge on any atom is -0.336 e. The number of pyridine rings is 1. The predicted octanol–water partition coefficient (Wildman–Crippen LogP) is 2.01. The number of hydrogen-bond acceptors (Lipinski definition) is 6. The first-order valence-corrected chi connectivity index (χ1v) is 8.15. The van der Waals surface area contributed by atoms with Gasteiger partial charge in [-0.25, -0.2) is 0 Å². The van der Waals surface area contributed by atoms with Gasteiger partial charge in [0, 0.05) is 62.1 Å². The van der Waals surface area contributed by atoms with Crippen LogP contribution in [0.15, 0.2) is 36.0 Å². The molecule has 0 radical (unpaired) electrons. The fourth-order valence-corrected chi connectivity index (χ4v) is 3.31. The van der Waals surface area contributed by atoms with E-state index >= 15 is 0 Å². The summed E-state index contributed by atoms with van der Waals surface area (Å²) in [6, 6.07) is 5.07. The van der Waals surface area contributed by atoms with E-state index in [0.29, 0.717) is 25.2 Å². The second-order valence-corrected chi connectivity index (χ2v) is 6.24. The minimum absolute atomic E-state index is 0.0261. The Morgan fingerprint density at radius 3 is 2.57 bits per heavy atom. The minimum atomic E-state index is -0.362. The SMILES string of the molecule is O=C(c1ccncc1)N1CCN(Cc2csc([N+](=O)[O-])c2)CC1. The van der Waals surface area contributed by atoms with Crippen LogP contribution in [0, 0.1) is 10.1 Å². The smallest absolute Gasteiger partial charge is 0.324 e. The summed E-state index contributed by atoms with van der Waals surface area (Å²) < 4.78 is 0. The Kier molecular flexibility index (Phi) is 4.63. The molecule has 2 aromatic heterocycles. The Labute approximate surface area is 137 Å². The molecule has 0 saturated carbocycles. The van der Waals surface area contributed by atoms with Gasteiger partial charge in [-0.1, -0.05) is 11.3 Å². The lowest BCUT2D eigenvalue weighted by atomic mass is 10.2. The number of hydrogen-bond donors (Lipinski definition) is 0. The van der Waals surface area contributed by atoms with Crippen molar-refractivity contribution in [2.45, 2.75) is 6.54 Å². The molecule has 1 aliphatic rings. The Morgan fingerprint density at radius 2 is 1.96 bits per heavy atom. The lowest BCUT2D eigenvalue weighted by Crippen LogP contribution is -2.48. The van der Waals surface area contributed by atoms with E-state index in [9.17, 15) is 14.9 Å². The summed E-state index contributed by atoms with van der Waals surface area (Å²) in [5.74, 6) is 0.0261. The van der Waals surface area contributed by atoms with E-state index in [1.54, 1.807) is 30.6 Å². The van der Waals surface area contributed by atoms with Crippen LogP contribution in [0.4, 0.5) is 5.00 Å². The van der Waals surface area contributed by atoms with Crippen molar-refractivity contribution < 1.29 is 9.72 Å². The maximum atomic E-state index is 12.3. The van der Waals surface area contributed by atoms with E-state index in [-0.39, 0.29) is 15.8 Å². The van der Waals surface area contributed by atoms with Gasteiger partial charge in [-0.2, -0.15) is 0 Å². The molecule has 0 unspecified atom stereocenters. The average Bonchev–Trinajstić information content (AvgIpc) is 3.04. The van der Waals surface area contributed by atoms with Gasteiger partial charge in [0.25, 0.3) is 5.91 Å². The fraction of sp³-hybridized carbons (Fsp3) is 0.333. The first kappa shape index (κ1) is 15.6. The zero-order valence-electron chi connectivity index (χ0n) is 12.4. The molecule has 0 atom stereocenters. The monoisotopic (exact) mass is 332 g/mol. The van der Waals surface area contributed by atoms with Crippen LogP contribution in [0.2, 0.25) is 0 Å². The molecule has 0 aliphatic carbocycles. The predicted molar refractivity (Wildman–Crippen MR) is 86.4 cm³/mol. The summed E-state index contributed by atoms with van der Waals surface area (Å²) in [7, 11) is 0. The topological polar surface area (TPSA) is 79.6 Å². The van der Waals surface area contributed by atoms with Crippen molar-refractivity contribution in [1.29, 1.82) is 0 Å². The molecule has 1 aliphatic heterocycles. The molecule has 0 aromatic carbocycles. The summed E-state index contributed by atoms with van der Waals surface area (Å²) in [4.78, 5) is 30.7. The summed E-state index contributed by atoms with van der Waals surface area (Å²) in [6.45, 7) is 3.53. The molecule has 2 aromatic rings. The molecule has 1 saturated heterocycles. The molecule has 7 nitrogen and oxygen atoms in total. The Bertz CT molecular complexity index is 696. The molecule has 23 heavy (non-hydrogen) atoms. The zero-order chi connectivity index (χ0) is 16.2. The Morgan fingerprint density at radius 1 is 1.26 bits per heavy atom. The lowest BCUT2D eigenvalue weighted by molar-refractivity contribution is -0.380. The van der Waals surface area contributed by atoms with Gasteiger partial charge in [0.15, 0.2) is 0 Å². The zero-order valence-corrected chi connectivity index (χ0v) is 13.2. The molecule has 0 spiro atoms. The molecular weight excluding hydrogens is 316 g/mol. The maximum absolute atomic E-state index is 12.3. The van der Waals surface area contributed by atoms with Gasteiger partial charge in [0.05, 0.1) is 4.92 Å². The van der Waals surface area contributed by atoms with Crippen LogP contribution < -0.4 is 0 Å². The molecular formula is C15H16N4O3S. The quantitative estimate of drug-likeness (QED) is 0.632. The molecule has 3 rings (SSSR count). The van der Waals surface area contributed by atoms with Gasteiger partial charge >= 0.3 is 5.00 Å². The van der Waals surface area contributed by atoms with Crippen molar-refractivity contribution in [2.24, 2.45) is 0 Å². The Balaban J connectivity index is 1.54. The van der Waals surface area contributed by atoms with Crippen LogP contribution in [0.3, 0.4) is 0 Å². The third-order valence-electron chi connectivity index (χ3n) is 3.81. The lowest BCUT2D eigenvalue weighted by Gasteiger charge is -2.34. The van der Waals surface area contributed by atoms with Gasteiger partial charge in [-0.3, -0.25) is 24.8 Å². The fourth-order valence-electron chi connectivity index (χ4n) is 2.59. The maximum Gasteiger partial charge on any atom is 0.324 e. The average molecular weight is 332 g/mol. The first-order valence-electron chi connectivity index (χ1n) is 7.27. The van der Waals surface area contributed by atoms with Gasteiger partial charge in [-0.05, 0) is 17.7 Å². The summed E-state index contributed by atoms with van der Waals surface area (Å²) in [6.07, 6.45) is 3.24. The summed E-state index contributed by atoms with van der Waals surface area (Å²) in [5.41, 5.74) is 1.61. The van der Waals surface area contributed by atoms with Crippen LogP contribution in [-0.4, -0.2) is 51.8 Å². The number of piperazine rings is 1. The van der Waals surface area contributed by atoms with Gasteiger partial charge < -0.3 is 4.90 Å². The molecule has 8 heteroatoms. The molecule has 120 valence electrons. The number of rotatable bonds is 4. The van der Waals surface area contributed by atoms with E-state index in [4.69, 9.17) is 0 Å². The number of carbonyl (C=O) groups excluding carboxylic acids is 1. The van der Waals surface area contributed by atoms with Crippen LogP contribution in [-0.2, 0) is 6.54 Å². The standard InChI is InChI=1S/C15H16N4O3S/c20-15(13-1-3-16-4-2-13)18-7-5-17(6-8-18)10-12-9-14(19(21)22)23-11-12/h1-4,9,11H,5-8,10H2. The van der Waals surface area contributed by atoms with Crippen molar-refractivity contribution in [3.05, 3.63) is 57.2 Å². The van der Waals surface area contributed by atoms with Crippen molar-refractivity contribution >= 4 is 22.2 Å². The molecule has 3 heterocycles. The normalized spacial score (nSPS) is 15.6. The summed E-state index contributed by atoms with van der Waals surface area (Å²) >= 11 is 1.15. The highest BCUT2D eigenvalue weighted by molar-refractivity contribution is 7.13. The third kappa shape index (κ3) is 3.72. The van der Waals surface area contributed by atoms with Crippen molar-refractivity contribution in [3.63, 3.8) is 0 Å².